The minimum atomic E-state index is -0.842. The molecule has 0 aromatic carbocycles. The number of carbonyl (C=O) groups is 2. The minimum absolute atomic E-state index is 0.0215. The first kappa shape index (κ1) is 79.6. The van der Waals surface area contributed by atoms with Crippen molar-refractivity contribution in [2.45, 2.75) is 443 Å². The normalized spacial score (nSPS) is 12.5. The van der Waals surface area contributed by atoms with Crippen molar-refractivity contribution in [1.29, 1.82) is 0 Å². The zero-order chi connectivity index (χ0) is 58.5. The number of hydrogen-bond acceptors (Lipinski definition) is 5. The first-order valence-corrected chi connectivity index (χ1v) is 37.5. The van der Waals surface area contributed by atoms with Gasteiger partial charge in [-0.25, -0.2) is 0 Å². The van der Waals surface area contributed by atoms with E-state index in [4.69, 9.17) is 4.74 Å². The number of amides is 1. The third-order valence-corrected chi connectivity index (χ3v) is 17.8. The molecule has 6 heteroatoms. The molecule has 0 spiro atoms. The summed E-state index contributed by atoms with van der Waals surface area (Å²) >= 11 is 0. The monoisotopic (exact) mass is 1140 g/mol. The summed E-state index contributed by atoms with van der Waals surface area (Å²) in [5, 5.41) is 23.3. The summed E-state index contributed by atoms with van der Waals surface area (Å²) in [6.07, 6.45) is 88.9. The van der Waals surface area contributed by atoms with Gasteiger partial charge in [-0.1, -0.05) is 398 Å². The van der Waals surface area contributed by atoms with Crippen LogP contribution in [-0.4, -0.2) is 47.4 Å². The lowest BCUT2D eigenvalue weighted by molar-refractivity contribution is -0.143. The molecule has 0 aromatic rings. The van der Waals surface area contributed by atoms with Crippen molar-refractivity contribution in [2.24, 2.45) is 0 Å². The van der Waals surface area contributed by atoms with Gasteiger partial charge in [0.15, 0.2) is 0 Å². The second-order valence-corrected chi connectivity index (χ2v) is 26.0. The molecule has 0 aromatic heterocycles. The maximum absolute atomic E-state index is 12.5. The standard InChI is InChI=1S/C75H147NO5/c1-3-5-7-9-11-13-15-17-18-19-20-21-32-35-38-41-44-47-51-55-59-63-67-73(78)72(71-77)76-74(79)68-64-60-56-52-48-45-42-39-36-33-30-28-26-24-22-23-25-27-29-31-34-37-40-43-46-50-54-58-62-66-70-81-75(80)69-65-61-57-53-49-16-14-12-10-8-6-4-2/h63,67,72-73,77-78H,3-62,64-66,68-71H2,1-2H3,(H,76,79)/b67-63+. The second-order valence-electron chi connectivity index (χ2n) is 26.0. The zero-order valence-corrected chi connectivity index (χ0v) is 55.3. The molecule has 2 atom stereocenters. The van der Waals surface area contributed by atoms with Crippen molar-refractivity contribution in [3.63, 3.8) is 0 Å². The number of carbonyl (C=O) groups excluding carboxylic acids is 2. The van der Waals surface area contributed by atoms with Crippen LogP contribution < -0.4 is 5.32 Å². The Kier molecular flexibility index (Phi) is 69.9. The summed E-state index contributed by atoms with van der Waals surface area (Å²) in [4.78, 5) is 24.6. The third-order valence-electron chi connectivity index (χ3n) is 17.8. The van der Waals surface area contributed by atoms with Crippen LogP contribution in [0.15, 0.2) is 12.2 Å². The molecule has 0 aliphatic heterocycles. The lowest BCUT2D eigenvalue weighted by Crippen LogP contribution is -2.45. The van der Waals surface area contributed by atoms with Crippen molar-refractivity contribution in [3.05, 3.63) is 12.2 Å². The van der Waals surface area contributed by atoms with Gasteiger partial charge < -0.3 is 20.3 Å². The van der Waals surface area contributed by atoms with E-state index < -0.39 is 12.1 Å². The van der Waals surface area contributed by atoms with Crippen LogP contribution in [0.5, 0.6) is 0 Å². The molecule has 0 saturated heterocycles. The van der Waals surface area contributed by atoms with E-state index in [1.54, 1.807) is 6.08 Å². The molecule has 0 aliphatic carbocycles. The topological polar surface area (TPSA) is 95.9 Å². The number of hydrogen-bond donors (Lipinski definition) is 3. The average Bonchev–Trinajstić information content (AvgIpc) is 3.47. The van der Waals surface area contributed by atoms with E-state index in [1.165, 1.54) is 366 Å². The second kappa shape index (κ2) is 71.1. The van der Waals surface area contributed by atoms with Gasteiger partial charge in [-0.2, -0.15) is 0 Å². The smallest absolute Gasteiger partial charge is 0.305 e. The predicted molar refractivity (Wildman–Crippen MR) is 357 cm³/mol. The number of esters is 1. The van der Waals surface area contributed by atoms with E-state index in [0.717, 1.165) is 38.5 Å². The van der Waals surface area contributed by atoms with Crippen molar-refractivity contribution in [2.75, 3.05) is 13.2 Å². The lowest BCUT2D eigenvalue weighted by Gasteiger charge is -2.20. The number of allylic oxidation sites excluding steroid dienone is 1. The molecule has 0 aliphatic rings. The van der Waals surface area contributed by atoms with Crippen LogP contribution in [0.4, 0.5) is 0 Å². The summed E-state index contributed by atoms with van der Waals surface area (Å²) in [7, 11) is 0. The van der Waals surface area contributed by atoms with E-state index in [-0.39, 0.29) is 18.5 Å². The maximum Gasteiger partial charge on any atom is 0.305 e. The summed E-state index contributed by atoms with van der Waals surface area (Å²) in [6, 6.07) is -0.625. The molecule has 6 nitrogen and oxygen atoms in total. The van der Waals surface area contributed by atoms with Crippen molar-refractivity contribution in [3.8, 4) is 0 Å². The minimum Gasteiger partial charge on any atom is -0.466 e. The summed E-state index contributed by atoms with van der Waals surface area (Å²) in [5.74, 6) is -0.0374. The molecular weight excluding hydrogens is 995 g/mol. The molecule has 0 saturated carbocycles. The van der Waals surface area contributed by atoms with E-state index in [1.807, 2.05) is 6.08 Å². The van der Waals surface area contributed by atoms with E-state index in [9.17, 15) is 19.8 Å². The molecule has 0 fully saturated rings. The fourth-order valence-electron chi connectivity index (χ4n) is 12.1. The van der Waals surface area contributed by atoms with Gasteiger partial charge >= 0.3 is 5.97 Å². The van der Waals surface area contributed by atoms with Gasteiger partial charge in [-0.3, -0.25) is 9.59 Å². The third kappa shape index (κ3) is 67.6. The lowest BCUT2D eigenvalue weighted by atomic mass is 10.0. The molecule has 0 bridgehead atoms. The number of rotatable bonds is 71. The van der Waals surface area contributed by atoms with Gasteiger partial charge in [0.05, 0.1) is 25.4 Å². The SMILES string of the molecule is CCCCCCCCCCCCCCCCCCCCCC/C=C/C(O)C(CO)NC(=O)CCCCCCCCCCCCCCCCCCCCCCCCCCCCCCCCOC(=O)CCCCCCCCCCCCCC. The van der Waals surface area contributed by atoms with Crippen molar-refractivity contribution >= 4 is 11.9 Å². The maximum atomic E-state index is 12.5. The van der Waals surface area contributed by atoms with Crippen LogP contribution in [0.25, 0.3) is 0 Å². The highest BCUT2D eigenvalue weighted by Crippen LogP contribution is 2.20. The van der Waals surface area contributed by atoms with E-state index in [2.05, 4.69) is 19.2 Å². The van der Waals surface area contributed by atoms with Gasteiger partial charge in [-0.15, -0.1) is 0 Å². The predicted octanol–water partition coefficient (Wildman–Crippen LogP) is 24.3. The summed E-state index contributed by atoms with van der Waals surface area (Å²) in [6.45, 7) is 4.96. The Morgan fingerprint density at radius 2 is 0.568 bits per heavy atom. The summed E-state index contributed by atoms with van der Waals surface area (Å²) in [5.41, 5.74) is 0. The van der Waals surface area contributed by atoms with Gasteiger partial charge in [0.2, 0.25) is 5.91 Å². The number of aliphatic hydroxyl groups excluding tert-OH is 2. The highest BCUT2D eigenvalue weighted by atomic mass is 16.5. The Hall–Kier alpha value is -1.40. The van der Waals surface area contributed by atoms with Crippen LogP contribution >= 0.6 is 0 Å². The highest BCUT2D eigenvalue weighted by Gasteiger charge is 2.18. The molecule has 0 rings (SSSR count). The first-order valence-electron chi connectivity index (χ1n) is 37.5. The largest absolute Gasteiger partial charge is 0.466 e. The quantitative estimate of drug-likeness (QED) is 0.0320. The summed E-state index contributed by atoms with van der Waals surface area (Å²) < 4.78 is 5.49. The number of ether oxygens (including phenoxy) is 1. The van der Waals surface area contributed by atoms with Crippen molar-refractivity contribution < 1.29 is 24.5 Å². The Labute approximate surface area is 508 Å². The molecule has 3 N–H and O–H groups in total. The van der Waals surface area contributed by atoms with Crippen LogP contribution in [0.2, 0.25) is 0 Å². The molecular formula is C75H147NO5. The molecule has 0 heterocycles. The number of unbranched alkanes of at least 4 members (excludes halogenated alkanes) is 60. The Morgan fingerprint density at radius 3 is 0.840 bits per heavy atom. The first-order chi connectivity index (χ1) is 40.0. The Balaban J connectivity index is 3.36. The molecule has 2 unspecified atom stereocenters. The fraction of sp³-hybridized carbons (Fsp3) is 0.947. The average molecular weight is 1140 g/mol. The van der Waals surface area contributed by atoms with Crippen LogP contribution in [0.1, 0.15) is 431 Å². The molecule has 81 heavy (non-hydrogen) atoms. The Bertz CT molecular complexity index is 1220. The van der Waals surface area contributed by atoms with Crippen LogP contribution in [0.3, 0.4) is 0 Å². The van der Waals surface area contributed by atoms with E-state index in [0.29, 0.717) is 19.4 Å². The fourth-order valence-corrected chi connectivity index (χ4v) is 12.1. The van der Waals surface area contributed by atoms with Crippen LogP contribution in [-0.2, 0) is 14.3 Å². The van der Waals surface area contributed by atoms with Crippen molar-refractivity contribution in [1.82, 2.24) is 5.32 Å². The Morgan fingerprint density at radius 1 is 0.333 bits per heavy atom. The molecule has 1 amide bonds. The van der Waals surface area contributed by atoms with Gasteiger partial charge in [0.1, 0.15) is 0 Å². The molecule has 0 radical (unpaired) electrons. The number of aliphatic hydroxyl groups is 2. The van der Waals surface area contributed by atoms with Gasteiger partial charge in [0.25, 0.3) is 0 Å². The van der Waals surface area contributed by atoms with Gasteiger partial charge in [-0.05, 0) is 32.1 Å². The van der Waals surface area contributed by atoms with Crippen LogP contribution in [0, 0.1) is 0 Å². The zero-order valence-electron chi connectivity index (χ0n) is 55.3. The van der Waals surface area contributed by atoms with E-state index >= 15 is 0 Å². The highest BCUT2D eigenvalue weighted by molar-refractivity contribution is 5.76. The van der Waals surface area contributed by atoms with Gasteiger partial charge in [0, 0.05) is 12.8 Å². The molecule has 482 valence electrons. The number of nitrogens with one attached hydrogen (secondary N) is 1.